The molecule has 2 aromatic carbocycles. The molecule has 0 radical (unpaired) electrons. The number of nitrogens with one attached hydrogen (secondary N) is 1. The third kappa shape index (κ3) is 5.26. The minimum absolute atomic E-state index is 0.135. The van der Waals surface area contributed by atoms with E-state index in [-0.39, 0.29) is 6.42 Å². The summed E-state index contributed by atoms with van der Waals surface area (Å²) in [5, 5.41) is 20.4. The maximum Gasteiger partial charge on any atom is 0.303 e. The number of carboxylic acids is 1. The van der Waals surface area contributed by atoms with Gasteiger partial charge >= 0.3 is 5.97 Å². The third-order valence-corrected chi connectivity index (χ3v) is 4.73. The van der Waals surface area contributed by atoms with Crippen LogP contribution in [0.4, 0.5) is 5.69 Å². The maximum atomic E-state index is 10.7. The summed E-state index contributed by atoms with van der Waals surface area (Å²) >= 11 is 0. The molecular weight excluding hydrogens is 382 g/mol. The van der Waals surface area contributed by atoms with Gasteiger partial charge in [0.05, 0.1) is 11.3 Å². The standard InChI is InChI=1S/C23H25N3O4/c1-15-22(16(2)30-25-15)23(26-29-3)19-6-4-5-18(13-19)14-24-20-10-7-17(8-11-20)9-12-21(27)28/h4-8,10-11,13,24H,9,12,14H2,1-3H3,(H,27,28)/b26-23+. The molecule has 3 aromatic rings. The van der Waals surface area contributed by atoms with Gasteiger partial charge in [-0.1, -0.05) is 40.6 Å². The van der Waals surface area contributed by atoms with Crippen molar-refractivity contribution in [1.82, 2.24) is 5.16 Å². The first-order valence-electron chi connectivity index (χ1n) is 9.66. The molecule has 0 fully saturated rings. The SMILES string of the molecule is CO/N=C(\c1cccc(CNc2ccc(CCC(=O)O)cc2)c1)c1c(C)noc1C. The quantitative estimate of drug-likeness (QED) is 0.405. The smallest absolute Gasteiger partial charge is 0.303 e. The monoisotopic (exact) mass is 407 g/mol. The summed E-state index contributed by atoms with van der Waals surface area (Å²) in [6, 6.07) is 15.9. The first-order chi connectivity index (χ1) is 14.5. The van der Waals surface area contributed by atoms with Gasteiger partial charge in [0.15, 0.2) is 0 Å². The predicted octanol–water partition coefficient (Wildman–Crippen LogP) is 4.32. The third-order valence-electron chi connectivity index (χ3n) is 4.73. The zero-order chi connectivity index (χ0) is 21.5. The van der Waals surface area contributed by atoms with Crippen LogP contribution in [0.3, 0.4) is 0 Å². The van der Waals surface area contributed by atoms with Gasteiger partial charge in [-0.05, 0) is 49.6 Å². The lowest BCUT2D eigenvalue weighted by molar-refractivity contribution is -0.136. The van der Waals surface area contributed by atoms with E-state index >= 15 is 0 Å². The predicted molar refractivity (Wildman–Crippen MR) is 115 cm³/mol. The lowest BCUT2D eigenvalue weighted by atomic mass is 9.99. The van der Waals surface area contributed by atoms with Crippen LogP contribution in [-0.4, -0.2) is 29.1 Å². The van der Waals surface area contributed by atoms with Crippen LogP contribution in [0.15, 0.2) is 58.2 Å². The second-order valence-corrected chi connectivity index (χ2v) is 6.97. The van der Waals surface area contributed by atoms with E-state index < -0.39 is 5.97 Å². The number of aliphatic carboxylic acids is 1. The Labute approximate surface area is 175 Å². The van der Waals surface area contributed by atoms with Crippen molar-refractivity contribution in [1.29, 1.82) is 0 Å². The number of aryl methyl sites for hydroxylation is 3. The van der Waals surface area contributed by atoms with E-state index in [9.17, 15) is 4.79 Å². The van der Waals surface area contributed by atoms with Gasteiger partial charge < -0.3 is 19.8 Å². The molecule has 0 saturated carbocycles. The van der Waals surface area contributed by atoms with E-state index in [2.05, 4.69) is 21.7 Å². The Morgan fingerprint density at radius 1 is 1.17 bits per heavy atom. The molecule has 156 valence electrons. The average Bonchev–Trinajstić information content (AvgIpc) is 3.08. The van der Waals surface area contributed by atoms with Gasteiger partial charge in [0.2, 0.25) is 0 Å². The number of hydrogen-bond acceptors (Lipinski definition) is 6. The molecule has 0 saturated heterocycles. The summed E-state index contributed by atoms with van der Waals surface area (Å²) in [7, 11) is 1.52. The molecule has 0 aliphatic heterocycles. The van der Waals surface area contributed by atoms with Gasteiger partial charge in [-0.3, -0.25) is 4.79 Å². The van der Waals surface area contributed by atoms with Crippen LogP contribution in [0.25, 0.3) is 0 Å². The second-order valence-electron chi connectivity index (χ2n) is 6.97. The fraction of sp³-hybridized carbons (Fsp3) is 0.261. The number of benzene rings is 2. The highest BCUT2D eigenvalue weighted by atomic mass is 16.6. The molecule has 7 heteroatoms. The molecule has 0 unspecified atom stereocenters. The van der Waals surface area contributed by atoms with Crippen LogP contribution in [0.2, 0.25) is 0 Å². The number of rotatable bonds is 9. The van der Waals surface area contributed by atoms with Crippen LogP contribution >= 0.6 is 0 Å². The first kappa shape index (κ1) is 21.1. The van der Waals surface area contributed by atoms with Crippen LogP contribution in [0.1, 0.15) is 40.1 Å². The maximum absolute atomic E-state index is 10.7. The van der Waals surface area contributed by atoms with Crippen molar-refractivity contribution < 1.29 is 19.3 Å². The zero-order valence-corrected chi connectivity index (χ0v) is 17.3. The van der Waals surface area contributed by atoms with Crippen molar-refractivity contribution in [3.8, 4) is 0 Å². The highest BCUT2D eigenvalue weighted by molar-refractivity contribution is 6.13. The number of oxime groups is 1. The summed E-state index contributed by atoms with van der Waals surface area (Å²) in [5.41, 5.74) is 6.24. The summed E-state index contributed by atoms with van der Waals surface area (Å²) in [5.74, 6) is -0.0973. The molecule has 7 nitrogen and oxygen atoms in total. The molecule has 0 spiro atoms. The molecule has 0 atom stereocenters. The Balaban J connectivity index is 1.72. The topological polar surface area (TPSA) is 97.0 Å². The van der Waals surface area contributed by atoms with Crippen LogP contribution in [0, 0.1) is 13.8 Å². The molecule has 30 heavy (non-hydrogen) atoms. The van der Waals surface area contributed by atoms with Crippen molar-refractivity contribution in [3.63, 3.8) is 0 Å². The van der Waals surface area contributed by atoms with Crippen molar-refractivity contribution in [3.05, 3.63) is 82.2 Å². The van der Waals surface area contributed by atoms with Crippen molar-refractivity contribution in [2.24, 2.45) is 5.16 Å². The van der Waals surface area contributed by atoms with E-state index in [1.165, 1.54) is 7.11 Å². The molecule has 0 aliphatic rings. The Morgan fingerprint density at radius 2 is 1.93 bits per heavy atom. The molecule has 0 bridgehead atoms. The number of aromatic nitrogens is 1. The molecule has 3 rings (SSSR count). The number of anilines is 1. The number of nitrogens with zero attached hydrogens (tertiary/aromatic N) is 2. The highest BCUT2D eigenvalue weighted by Crippen LogP contribution is 2.20. The molecule has 0 amide bonds. The molecule has 1 heterocycles. The van der Waals surface area contributed by atoms with E-state index in [1.807, 2.05) is 56.3 Å². The first-order valence-corrected chi connectivity index (χ1v) is 9.66. The van der Waals surface area contributed by atoms with Crippen molar-refractivity contribution in [2.75, 3.05) is 12.4 Å². The van der Waals surface area contributed by atoms with E-state index in [4.69, 9.17) is 14.5 Å². The van der Waals surface area contributed by atoms with Gasteiger partial charge in [0, 0.05) is 24.2 Å². The summed E-state index contributed by atoms with van der Waals surface area (Å²) in [4.78, 5) is 15.8. The average molecular weight is 407 g/mol. The van der Waals surface area contributed by atoms with E-state index in [0.29, 0.717) is 24.4 Å². The van der Waals surface area contributed by atoms with E-state index in [0.717, 1.165) is 33.6 Å². The van der Waals surface area contributed by atoms with Gasteiger partial charge in [-0.2, -0.15) is 0 Å². The lowest BCUT2D eigenvalue weighted by Gasteiger charge is -2.10. The Hall–Kier alpha value is -3.61. The van der Waals surface area contributed by atoms with Gasteiger partial charge in [0.25, 0.3) is 0 Å². The fourth-order valence-corrected chi connectivity index (χ4v) is 3.23. The number of carboxylic acid groups (broad SMARTS) is 1. The van der Waals surface area contributed by atoms with Crippen molar-refractivity contribution in [2.45, 2.75) is 33.2 Å². The minimum Gasteiger partial charge on any atom is -0.481 e. The summed E-state index contributed by atoms with van der Waals surface area (Å²) in [6.07, 6.45) is 0.664. The Kier molecular flexibility index (Phi) is 6.85. The van der Waals surface area contributed by atoms with Crippen LogP contribution < -0.4 is 5.32 Å². The number of carbonyl (C=O) groups is 1. The van der Waals surface area contributed by atoms with Gasteiger partial charge in [-0.15, -0.1) is 0 Å². The summed E-state index contributed by atoms with van der Waals surface area (Å²) < 4.78 is 5.29. The number of hydrogen-bond donors (Lipinski definition) is 2. The van der Waals surface area contributed by atoms with Crippen LogP contribution in [0.5, 0.6) is 0 Å². The largest absolute Gasteiger partial charge is 0.481 e. The summed E-state index contributed by atoms with van der Waals surface area (Å²) in [6.45, 7) is 4.36. The van der Waals surface area contributed by atoms with Gasteiger partial charge in [0.1, 0.15) is 18.6 Å². The van der Waals surface area contributed by atoms with Gasteiger partial charge in [-0.25, -0.2) is 0 Å². The molecule has 1 aromatic heterocycles. The Morgan fingerprint density at radius 3 is 2.57 bits per heavy atom. The zero-order valence-electron chi connectivity index (χ0n) is 17.3. The second kappa shape index (κ2) is 9.73. The Bertz CT molecular complexity index is 1020. The molecular formula is C23H25N3O4. The minimum atomic E-state index is -0.787. The molecule has 0 aliphatic carbocycles. The normalized spacial score (nSPS) is 11.4. The highest BCUT2D eigenvalue weighted by Gasteiger charge is 2.18. The molecule has 2 N–H and O–H groups in total. The lowest BCUT2D eigenvalue weighted by Crippen LogP contribution is -2.08. The van der Waals surface area contributed by atoms with Crippen LogP contribution in [-0.2, 0) is 22.6 Å². The fourth-order valence-electron chi connectivity index (χ4n) is 3.23. The van der Waals surface area contributed by atoms with Crippen molar-refractivity contribution >= 4 is 17.4 Å². The van der Waals surface area contributed by atoms with E-state index in [1.54, 1.807) is 0 Å².